The number of likely N-dealkylation sites (tertiary alicyclic amines) is 1. The molecule has 1 aliphatic heterocycles. The Balaban J connectivity index is 1.37. The molecule has 0 spiro atoms. The molecule has 28 heavy (non-hydrogen) atoms. The van der Waals surface area contributed by atoms with Crippen LogP contribution in [0, 0.1) is 12.8 Å². The van der Waals surface area contributed by atoms with Gasteiger partial charge < -0.3 is 9.64 Å². The van der Waals surface area contributed by atoms with Crippen LogP contribution in [0.4, 0.5) is 0 Å². The highest BCUT2D eigenvalue weighted by Gasteiger charge is 2.28. The Kier molecular flexibility index (Phi) is 6.65. The zero-order valence-electron chi connectivity index (χ0n) is 15.6. The maximum Gasteiger partial charge on any atom is 0.276 e. The highest BCUT2D eigenvalue weighted by atomic mass is 32.1. The first kappa shape index (κ1) is 19.9. The van der Waals surface area contributed by atoms with Crippen molar-refractivity contribution >= 4 is 29.1 Å². The quantitative estimate of drug-likeness (QED) is 0.752. The number of hydrogen-bond donors (Lipinski definition) is 2. The summed E-state index contributed by atoms with van der Waals surface area (Å²) in [4.78, 5) is 38.9. The van der Waals surface area contributed by atoms with Gasteiger partial charge in [0.15, 0.2) is 6.61 Å². The van der Waals surface area contributed by atoms with Gasteiger partial charge in [0, 0.05) is 19.0 Å². The highest BCUT2D eigenvalue weighted by Crippen LogP contribution is 2.20. The zero-order chi connectivity index (χ0) is 19.9. The molecule has 7 nitrogen and oxygen atoms in total. The van der Waals surface area contributed by atoms with Crippen molar-refractivity contribution in [2.45, 2.75) is 19.8 Å². The van der Waals surface area contributed by atoms with Crippen LogP contribution in [0.2, 0.25) is 0 Å². The van der Waals surface area contributed by atoms with Crippen LogP contribution in [-0.2, 0) is 9.59 Å². The van der Waals surface area contributed by atoms with E-state index < -0.39 is 5.91 Å². The number of thiophene rings is 1. The molecule has 3 amide bonds. The fourth-order valence-corrected chi connectivity index (χ4v) is 3.72. The molecule has 1 fully saturated rings. The van der Waals surface area contributed by atoms with Crippen LogP contribution in [0.5, 0.6) is 5.75 Å². The largest absolute Gasteiger partial charge is 0.484 e. The molecule has 2 N–H and O–H groups in total. The van der Waals surface area contributed by atoms with Crippen molar-refractivity contribution < 1.29 is 19.1 Å². The lowest BCUT2D eigenvalue weighted by Gasteiger charge is -2.31. The second-order valence-electron chi connectivity index (χ2n) is 6.69. The summed E-state index contributed by atoms with van der Waals surface area (Å²) in [6, 6.07) is 11.0. The minimum atomic E-state index is -0.430. The summed E-state index contributed by atoms with van der Waals surface area (Å²) in [6.45, 7) is 2.81. The number of aryl methyl sites for hydroxylation is 1. The standard InChI is InChI=1S/C20H23N3O4S/c1-14-4-2-5-16(12-14)27-13-18(24)21-22-19(25)15-7-9-23(10-8-15)20(26)17-6-3-11-28-17/h2-6,11-12,15H,7-10,13H2,1H3,(H,21,24)(H,22,25). The van der Waals surface area contributed by atoms with Gasteiger partial charge in [-0.2, -0.15) is 0 Å². The highest BCUT2D eigenvalue weighted by molar-refractivity contribution is 7.12. The van der Waals surface area contributed by atoms with Gasteiger partial charge in [0.05, 0.1) is 4.88 Å². The molecular formula is C20H23N3O4S. The lowest BCUT2D eigenvalue weighted by Crippen LogP contribution is -2.49. The van der Waals surface area contributed by atoms with E-state index in [-0.39, 0.29) is 24.3 Å². The Morgan fingerprint density at radius 1 is 1.14 bits per heavy atom. The number of hydrazine groups is 1. The van der Waals surface area contributed by atoms with E-state index in [1.54, 1.807) is 17.0 Å². The number of carbonyl (C=O) groups is 3. The number of carbonyl (C=O) groups excluding carboxylic acids is 3. The topological polar surface area (TPSA) is 87.7 Å². The zero-order valence-corrected chi connectivity index (χ0v) is 16.5. The number of rotatable bonds is 5. The average Bonchev–Trinajstić information content (AvgIpc) is 3.25. The molecule has 1 aromatic carbocycles. The summed E-state index contributed by atoms with van der Waals surface area (Å²) < 4.78 is 5.40. The number of nitrogens with zero attached hydrogens (tertiary/aromatic N) is 1. The van der Waals surface area contributed by atoms with Gasteiger partial charge >= 0.3 is 0 Å². The van der Waals surface area contributed by atoms with Crippen molar-refractivity contribution in [2.24, 2.45) is 5.92 Å². The Morgan fingerprint density at radius 2 is 1.93 bits per heavy atom. The molecule has 0 radical (unpaired) electrons. The number of benzene rings is 1. The molecule has 2 aromatic rings. The Bertz CT molecular complexity index is 830. The van der Waals surface area contributed by atoms with Crippen molar-refractivity contribution in [3.63, 3.8) is 0 Å². The Morgan fingerprint density at radius 3 is 2.61 bits per heavy atom. The molecule has 0 unspecified atom stereocenters. The Hall–Kier alpha value is -2.87. The summed E-state index contributed by atoms with van der Waals surface area (Å²) in [5.74, 6) is -0.294. The number of hydrogen-bond acceptors (Lipinski definition) is 5. The normalized spacial score (nSPS) is 14.4. The van der Waals surface area contributed by atoms with Crippen LogP contribution >= 0.6 is 11.3 Å². The van der Waals surface area contributed by atoms with Crippen molar-refractivity contribution in [3.05, 3.63) is 52.2 Å². The van der Waals surface area contributed by atoms with Crippen molar-refractivity contribution in [1.82, 2.24) is 15.8 Å². The summed E-state index contributed by atoms with van der Waals surface area (Å²) in [6.07, 6.45) is 1.14. The first-order valence-corrected chi connectivity index (χ1v) is 10.0. The van der Waals surface area contributed by atoms with E-state index in [0.29, 0.717) is 36.6 Å². The second kappa shape index (κ2) is 9.36. The van der Waals surface area contributed by atoms with E-state index in [1.807, 2.05) is 36.6 Å². The molecule has 0 atom stereocenters. The van der Waals surface area contributed by atoms with E-state index in [9.17, 15) is 14.4 Å². The van der Waals surface area contributed by atoms with Crippen LogP contribution in [0.1, 0.15) is 28.1 Å². The first-order chi connectivity index (χ1) is 13.5. The van der Waals surface area contributed by atoms with Gasteiger partial charge in [-0.3, -0.25) is 25.2 Å². The maximum absolute atomic E-state index is 12.3. The number of piperidine rings is 1. The predicted molar refractivity (Wildman–Crippen MR) is 106 cm³/mol. The van der Waals surface area contributed by atoms with Crippen molar-refractivity contribution in [2.75, 3.05) is 19.7 Å². The number of ether oxygens (including phenoxy) is 1. The minimum Gasteiger partial charge on any atom is -0.484 e. The lowest BCUT2D eigenvalue weighted by molar-refractivity contribution is -0.132. The third kappa shape index (κ3) is 5.32. The van der Waals surface area contributed by atoms with E-state index >= 15 is 0 Å². The predicted octanol–water partition coefficient (Wildman–Crippen LogP) is 2.14. The smallest absolute Gasteiger partial charge is 0.276 e. The number of nitrogens with one attached hydrogen (secondary N) is 2. The Labute approximate surface area is 167 Å². The van der Waals surface area contributed by atoms with Crippen molar-refractivity contribution in [3.8, 4) is 5.75 Å². The lowest BCUT2D eigenvalue weighted by atomic mass is 9.96. The average molecular weight is 401 g/mol. The van der Waals surface area contributed by atoms with Crippen LogP contribution in [0.3, 0.4) is 0 Å². The summed E-state index contributed by atoms with van der Waals surface area (Å²) >= 11 is 1.42. The van der Waals surface area contributed by atoms with E-state index in [4.69, 9.17) is 4.74 Å². The molecule has 1 aromatic heterocycles. The summed E-state index contributed by atoms with van der Waals surface area (Å²) in [5, 5.41) is 1.87. The SMILES string of the molecule is Cc1cccc(OCC(=O)NNC(=O)C2CCN(C(=O)c3cccs3)CC2)c1. The van der Waals surface area contributed by atoms with Gasteiger partial charge in [0.1, 0.15) is 5.75 Å². The fourth-order valence-electron chi connectivity index (χ4n) is 3.02. The van der Waals surface area contributed by atoms with Gasteiger partial charge in [0.2, 0.25) is 5.91 Å². The summed E-state index contributed by atoms with van der Waals surface area (Å²) in [5.41, 5.74) is 5.87. The van der Waals surface area contributed by atoms with E-state index in [1.165, 1.54) is 11.3 Å². The van der Waals surface area contributed by atoms with E-state index in [2.05, 4.69) is 10.9 Å². The molecular weight excluding hydrogens is 378 g/mol. The fraction of sp³-hybridized carbons (Fsp3) is 0.350. The van der Waals surface area contributed by atoms with Crippen LogP contribution < -0.4 is 15.6 Å². The number of amides is 3. The molecule has 0 saturated carbocycles. The second-order valence-corrected chi connectivity index (χ2v) is 7.63. The van der Waals surface area contributed by atoms with Gasteiger partial charge in [-0.1, -0.05) is 18.2 Å². The van der Waals surface area contributed by atoms with E-state index in [0.717, 1.165) is 5.56 Å². The molecule has 8 heteroatoms. The molecule has 148 valence electrons. The first-order valence-electron chi connectivity index (χ1n) is 9.14. The molecule has 3 rings (SSSR count). The van der Waals surface area contributed by atoms with Crippen LogP contribution in [-0.4, -0.2) is 42.3 Å². The molecule has 1 saturated heterocycles. The molecule has 0 bridgehead atoms. The van der Waals surface area contributed by atoms with Gasteiger partial charge in [-0.05, 0) is 48.9 Å². The maximum atomic E-state index is 12.3. The van der Waals surface area contributed by atoms with Gasteiger partial charge in [-0.25, -0.2) is 0 Å². The van der Waals surface area contributed by atoms with Crippen molar-refractivity contribution in [1.29, 1.82) is 0 Å². The van der Waals surface area contributed by atoms with Crippen LogP contribution in [0.15, 0.2) is 41.8 Å². The molecule has 2 heterocycles. The minimum absolute atomic E-state index is 0.00968. The monoisotopic (exact) mass is 401 g/mol. The third-order valence-electron chi connectivity index (χ3n) is 4.57. The van der Waals surface area contributed by atoms with Gasteiger partial charge in [0.25, 0.3) is 11.8 Å². The van der Waals surface area contributed by atoms with Crippen LogP contribution in [0.25, 0.3) is 0 Å². The third-order valence-corrected chi connectivity index (χ3v) is 5.43. The molecule has 1 aliphatic rings. The van der Waals surface area contributed by atoms with Gasteiger partial charge in [-0.15, -0.1) is 11.3 Å². The molecule has 0 aliphatic carbocycles. The summed E-state index contributed by atoms with van der Waals surface area (Å²) in [7, 11) is 0.